The molecule has 0 radical (unpaired) electrons. The van der Waals surface area contributed by atoms with Gasteiger partial charge in [0.1, 0.15) is 0 Å². The second-order valence-electron chi connectivity index (χ2n) is 3.47. The van der Waals surface area contributed by atoms with Crippen molar-refractivity contribution in [2.24, 2.45) is 5.73 Å². The van der Waals surface area contributed by atoms with E-state index < -0.39 is 0 Å². The summed E-state index contributed by atoms with van der Waals surface area (Å²) in [6.45, 7) is 3.67. The van der Waals surface area contributed by atoms with Crippen molar-refractivity contribution in [1.29, 1.82) is 0 Å². The normalized spacial score (nSPS) is 27.0. The lowest BCUT2D eigenvalue weighted by Gasteiger charge is -2.39. The Morgan fingerprint density at radius 3 is 2.64 bits per heavy atom. The van der Waals surface area contributed by atoms with Gasteiger partial charge in [-0.2, -0.15) is 0 Å². The van der Waals surface area contributed by atoms with Gasteiger partial charge >= 0.3 is 0 Å². The molecule has 2 fully saturated rings. The molecule has 0 aromatic rings. The van der Waals surface area contributed by atoms with Crippen molar-refractivity contribution in [3.63, 3.8) is 0 Å². The smallest absolute Gasteiger partial charge is 0.0829 e. The van der Waals surface area contributed by atoms with Gasteiger partial charge in [0.05, 0.1) is 12.7 Å². The van der Waals surface area contributed by atoms with E-state index in [2.05, 4.69) is 4.90 Å². The van der Waals surface area contributed by atoms with Gasteiger partial charge in [-0.1, -0.05) is 0 Å². The summed E-state index contributed by atoms with van der Waals surface area (Å²) in [6, 6.07) is 0.910. The molecular formula is C8H16N2O. The molecule has 1 aliphatic heterocycles. The van der Waals surface area contributed by atoms with Crippen molar-refractivity contribution in [3.05, 3.63) is 0 Å². The molecule has 2 aliphatic rings. The van der Waals surface area contributed by atoms with E-state index in [1.165, 1.54) is 12.8 Å². The fourth-order valence-corrected chi connectivity index (χ4v) is 1.55. The van der Waals surface area contributed by atoms with Crippen LogP contribution in [0.1, 0.15) is 12.8 Å². The monoisotopic (exact) mass is 156 g/mol. The van der Waals surface area contributed by atoms with Crippen LogP contribution in [0.3, 0.4) is 0 Å². The molecule has 3 heteroatoms. The van der Waals surface area contributed by atoms with Crippen molar-refractivity contribution >= 4 is 0 Å². The summed E-state index contributed by atoms with van der Waals surface area (Å²) in [5.41, 5.74) is 5.32. The lowest BCUT2D eigenvalue weighted by Crippen LogP contribution is -2.53. The number of likely N-dealkylation sites (tertiary alicyclic amines) is 1. The Labute approximate surface area is 67.5 Å². The van der Waals surface area contributed by atoms with E-state index >= 15 is 0 Å². The molecule has 0 unspecified atom stereocenters. The number of hydrogen-bond donors (Lipinski definition) is 1. The Morgan fingerprint density at radius 2 is 2.09 bits per heavy atom. The molecule has 2 N–H and O–H groups in total. The van der Waals surface area contributed by atoms with E-state index in [9.17, 15) is 0 Å². The highest BCUT2D eigenvalue weighted by atomic mass is 16.5. The van der Waals surface area contributed by atoms with Crippen LogP contribution in [-0.4, -0.2) is 43.3 Å². The number of hydrogen-bond acceptors (Lipinski definition) is 3. The van der Waals surface area contributed by atoms with Crippen LogP contribution in [0.25, 0.3) is 0 Å². The highest BCUT2D eigenvalue weighted by Gasteiger charge is 2.37. The van der Waals surface area contributed by atoms with Gasteiger partial charge in [0.25, 0.3) is 0 Å². The Morgan fingerprint density at radius 1 is 1.36 bits per heavy atom. The first-order valence-corrected chi connectivity index (χ1v) is 4.46. The summed E-state index contributed by atoms with van der Waals surface area (Å²) >= 11 is 0. The minimum atomic E-state index is 0.485. The van der Waals surface area contributed by atoms with Gasteiger partial charge in [-0.25, -0.2) is 0 Å². The van der Waals surface area contributed by atoms with Crippen molar-refractivity contribution in [3.8, 4) is 0 Å². The third kappa shape index (κ3) is 1.72. The van der Waals surface area contributed by atoms with Crippen LogP contribution in [0.2, 0.25) is 0 Å². The lowest BCUT2D eigenvalue weighted by molar-refractivity contribution is -0.0550. The van der Waals surface area contributed by atoms with Gasteiger partial charge in [0, 0.05) is 25.7 Å². The number of rotatable bonds is 4. The Kier molecular flexibility index (Phi) is 2.11. The van der Waals surface area contributed by atoms with Crippen LogP contribution < -0.4 is 5.73 Å². The molecule has 0 spiro atoms. The van der Waals surface area contributed by atoms with Crippen molar-refractivity contribution in [1.82, 2.24) is 4.90 Å². The summed E-state index contributed by atoms with van der Waals surface area (Å²) in [6.07, 6.45) is 3.30. The van der Waals surface area contributed by atoms with E-state index in [0.29, 0.717) is 12.6 Å². The van der Waals surface area contributed by atoms with Gasteiger partial charge in [0.15, 0.2) is 0 Å². The summed E-state index contributed by atoms with van der Waals surface area (Å²) < 4.78 is 5.47. The van der Waals surface area contributed by atoms with Crippen molar-refractivity contribution < 1.29 is 4.74 Å². The average Bonchev–Trinajstić information content (AvgIpc) is 2.68. The maximum atomic E-state index is 5.47. The third-order valence-electron chi connectivity index (χ3n) is 2.41. The molecule has 3 nitrogen and oxygen atoms in total. The molecule has 11 heavy (non-hydrogen) atoms. The topological polar surface area (TPSA) is 38.5 Å². The van der Waals surface area contributed by atoms with Crippen LogP contribution in [-0.2, 0) is 4.74 Å². The summed E-state index contributed by atoms with van der Waals surface area (Å²) in [5, 5.41) is 0. The van der Waals surface area contributed by atoms with Gasteiger partial charge in [-0.05, 0) is 12.8 Å². The Bertz CT molecular complexity index is 130. The summed E-state index contributed by atoms with van der Waals surface area (Å²) in [4.78, 5) is 2.50. The molecule has 0 atom stereocenters. The molecule has 0 amide bonds. The predicted molar refractivity (Wildman–Crippen MR) is 43.4 cm³/mol. The van der Waals surface area contributed by atoms with Crippen molar-refractivity contribution in [2.45, 2.75) is 25.0 Å². The van der Waals surface area contributed by atoms with E-state index in [4.69, 9.17) is 10.5 Å². The lowest BCUT2D eigenvalue weighted by atomic mass is 10.1. The molecular weight excluding hydrogens is 140 g/mol. The average molecular weight is 156 g/mol. The van der Waals surface area contributed by atoms with Crippen LogP contribution in [0.4, 0.5) is 0 Å². The molecule has 2 rings (SSSR count). The second-order valence-corrected chi connectivity index (χ2v) is 3.47. The molecule has 1 saturated heterocycles. The predicted octanol–water partition coefficient (Wildman–Crippen LogP) is -0.192. The van der Waals surface area contributed by atoms with Crippen LogP contribution in [0.5, 0.6) is 0 Å². The highest BCUT2D eigenvalue weighted by Crippen LogP contribution is 2.31. The number of nitrogens with zero attached hydrogens (tertiary/aromatic N) is 1. The zero-order valence-electron chi connectivity index (χ0n) is 6.83. The molecule has 0 aromatic carbocycles. The van der Waals surface area contributed by atoms with Crippen LogP contribution in [0.15, 0.2) is 0 Å². The maximum Gasteiger partial charge on any atom is 0.0829 e. The first kappa shape index (κ1) is 7.53. The van der Waals surface area contributed by atoms with Gasteiger partial charge in [0.2, 0.25) is 0 Å². The van der Waals surface area contributed by atoms with E-state index in [1.54, 1.807) is 0 Å². The molecule has 1 heterocycles. The first-order valence-electron chi connectivity index (χ1n) is 4.46. The van der Waals surface area contributed by atoms with Crippen molar-refractivity contribution in [2.75, 3.05) is 26.2 Å². The van der Waals surface area contributed by atoms with E-state index in [-0.39, 0.29) is 0 Å². The summed E-state index contributed by atoms with van der Waals surface area (Å²) in [7, 11) is 0. The standard InChI is InChI=1S/C8H16N2O/c9-3-4-11-8-5-10(6-8)7-1-2-7/h7-8H,1-6,9H2. The minimum Gasteiger partial charge on any atom is -0.374 e. The number of nitrogens with two attached hydrogens (primary N) is 1. The molecule has 1 aliphatic carbocycles. The van der Waals surface area contributed by atoms with Crippen LogP contribution in [0, 0.1) is 0 Å². The van der Waals surface area contributed by atoms with Gasteiger partial charge in [-0.15, -0.1) is 0 Å². The van der Waals surface area contributed by atoms with Crippen LogP contribution >= 0.6 is 0 Å². The van der Waals surface area contributed by atoms with Gasteiger partial charge < -0.3 is 10.5 Å². The molecule has 1 saturated carbocycles. The first-order chi connectivity index (χ1) is 5.40. The fourth-order valence-electron chi connectivity index (χ4n) is 1.55. The third-order valence-corrected chi connectivity index (χ3v) is 2.41. The zero-order valence-corrected chi connectivity index (χ0v) is 6.83. The maximum absolute atomic E-state index is 5.47. The fraction of sp³-hybridized carbons (Fsp3) is 1.00. The molecule has 0 bridgehead atoms. The second kappa shape index (κ2) is 3.09. The van der Waals surface area contributed by atoms with E-state index in [1.807, 2.05) is 0 Å². The largest absolute Gasteiger partial charge is 0.374 e. The van der Waals surface area contributed by atoms with E-state index in [0.717, 1.165) is 25.7 Å². The number of ether oxygens (including phenoxy) is 1. The Hall–Kier alpha value is -0.120. The SMILES string of the molecule is NCCOC1CN(C2CC2)C1. The summed E-state index contributed by atoms with van der Waals surface area (Å²) in [5.74, 6) is 0. The molecule has 64 valence electrons. The Balaban J connectivity index is 1.56. The van der Waals surface area contributed by atoms with Gasteiger partial charge in [-0.3, -0.25) is 4.90 Å². The minimum absolute atomic E-state index is 0.485. The highest BCUT2D eigenvalue weighted by molar-refractivity contribution is 4.93. The quantitative estimate of drug-likeness (QED) is 0.613. The zero-order chi connectivity index (χ0) is 7.68. The molecule has 0 aromatic heterocycles.